The molecule has 0 unspecified atom stereocenters. The van der Waals surface area contributed by atoms with Gasteiger partial charge in [0.1, 0.15) is 0 Å². The molecule has 6 N–H and O–H groups in total. The van der Waals surface area contributed by atoms with Crippen molar-refractivity contribution in [2.24, 2.45) is 11.5 Å². The van der Waals surface area contributed by atoms with Crippen LogP contribution in [0, 0.1) is 0 Å². The van der Waals surface area contributed by atoms with Crippen LogP contribution in [-0.2, 0) is 0 Å². The Morgan fingerprint density at radius 1 is 0.462 bits per heavy atom. The molecule has 8 nitrogen and oxygen atoms in total. The first kappa shape index (κ1) is 22.0. The highest BCUT2D eigenvalue weighted by Gasteiger charge is 2.15. The fourth-order valence-electron chi connectivity index (χ4n) is 3.75. The number of nitrogens with one attached hydrogen (secondary N) is 2. The van der Waals surface area contributed by atoms with Gasteiger partial charge < -0.3 is 22.1 Å². The summed E-state index contributed by atoms with van der Waals surface area (Å²) >= 11 is 0. The molecule has 2 saturated heterocycles. The van der Waals surface area contributed by atoms with Crippen LogP contribution in [0.25, 0.3) is 0 Å². The van der Waals surface area contributed by atoms with Gasteiger partial charge in [-0.05, 0) is 0 Å². The lowest BCUT2D eigenvalue weighted by molar-refractivity contribution is 0.176. The molecule has 0 atom stereocenters. The predicted molar refractivity (Wildman–Crippen MR) is 110 cm³/mol. The van der Waals surface area contributed by atoms with E-state index in [-0.39, 0.29) is 0 Å². The maximum absolute atomic E-state index is 5.75. The summed E-state index contributed by atoms with van der Waals surface area (Å²) in [4.78, 5) is 10.2. The van der Waals surface area contributed by atoms with Crippen molar-refractivity contribution in [3.8, 4) is 0 Å². The summed E-state index contributed by atoms with van der Waals surface area (Å²) in [6.07, 6.45) is 0. The second-order valence-corrected chi connectivity index (χ2v) is 7.44. The second-order valence-electron chi connectivity index (χ2n) is 7.44. The predicted octanol–water partition coefficient (Wildman–Crippen LogP) is -2.68. The molecule has 26 heavy (non-hydrogen) atoms. The van der Waals surface area contributed by atoms with Crippen molar-refractivity contribution in [3.05, 3.63) is 0 Å². The Hall–Kier alpha value is -0.320. The van der Waals surface area contributed by atoms with Crippen LogP contribution in [0.15, 0.2) is 0 Å². The first-order chi connectivity index (χ1) is 12.8. The van der Waals surface area contributed by atoms with Crippen molar-refractivity contribution in [3.63, 3.8) is 0 Å². The van der Waals surface area contributed by atoms with E-state index in [1.165, 1.54) is 0 Å². The lowest BCUT2D eigenvalue weighted by atomic mass is 10.3. The summed E-state index contributed by atoms with van der Waals surface area (Å²) in [6, 6.07) is 0. The van der Waals surface area contributed by atoms with E-state index in [2.05, 4.69) is 30.2 Å². The third-order valence-electron chi connectivity index (χ3n) is 5.51. The van der Waals surface area contributed by atoms with Gasteiger partial charge in [-0.1, -0.05) is 0 Å². The quantitative estimate of drug-likeness (QED) is 0.386. The van der Waals surface area contributed by atoms with E-state index in [1.807, 2.05) is 0 Å². The van der Waals surface area contributed by atoms with Gasteiger partial charge in [-0.2, -0.15) is 0 Å². The summed E-state index contributed by atoms with van der Waals surface area (Å²) in [5.41, 5.74) is 11.5. The minimum atomic E-state index is 0.750. The summed E-state index contributed by atoms with van der Waals surface area (Å²) < 4.78 is 0. The van der Waals surface area contributed by atoms with Crippen LogP contribution in [-0.4, -0.2) is 137 Å². The van der Waals surface area contributed by atoms with Crippen molar-refractivity contribution >= 4 is 0 Å². The molecule has 154 valence electrons. The summed E-state index contributed by atoms with van der Waals surface area (Å²) in [5.74, 6) is 0. The summed E-state index contributed by atoms with van der Waals surface area (Å²) in [5, 5.41) is 7.13. The number of rotatable bonds is 7. The molecular formula is C18H42N8. The Labute approximate surface area is 160 Å². The highest BCUT2D eigenvalue weighted by Crippen LogP contribution is 1.99. The van der Waals surface area contributed by atoms with Crippen LogP contribution in [0.2, 0.25) is 0 Å². The fourth-order valence-corrected chi connectivity index (χ4v) is 3.75. The molecule has 0 bridgehead atoms. The lowest BCUT2D eigenvalue weighted by Crippen LogP contribution is -2.44. The van der Waals surface area contributed by atoms with Crippen LogP contribution in [0.5, 0.6) is 0 Å². The number of hydrogen-bond acceptors (Lipinski definition) is 8. The molecule has 2 aliphatic heterocycles. The minimum Gasteiger partial charge on any atom is -0.329 e. The fraction of sp³-hybridized carbons (Fsp3) is 1.00. The van der Waals surface area contributed by atoms with Crippen LogP contribution in [0.3, 0.4) is 0 Å². The van der Waals surface area contributed by atoms with Gasteiger partial charge in [-0.3, -0.25) is 19.6 Å². The maximum Gasteiger partial charge on any atom is 0.0110 e. The number of hydrogen-bond donors (Lipinski definition) is 4. The summed E-state index contributed by atoms with van der Waals surface area (Å²) in [6.45, 7) is 19.2. The van der Waals surface area contributed by atoms with E-state index in [0.29, 0.717) is 0 Å². The molecule has 0 aromatic carbocycles. The van der Waals surface area contributed by atoms with Crippen LogP contribution in [0.4, 0.5) is 0 Å². The average molecular weight is 371 g/mol. The van der Waals surface area contributed by atoms with E-state index in [4.69, 9.17) is 11.5 Å². The monoisotopic (exact) mass is 370 g/mol. The highest BCUT2D eigenvalue weighted by atomic mass is 15.3. The SMILES string of the molecule is NCCN1CCNCCN(CCN2CCNCCN(CCN)CC2)CC1. The Morgan fingerprint density at radius 2 is 0.769 bits per heavy atom. The first-order valence-electron chi connectivity index (χ1n) is 10.5. The zero-order valence-electron chi connectivity index (χ0n) is 16.7. The first-order valence-corrected chi connectivity index (χ1v) is 10.5. The molecule has 0 spiro atoms. The Morgan fingerprint density at radius 3 is 1.08 bits per heavy atom. The molecule has 0 aromatic rings. The van der Waals surface area contributed by atoms with Gasteiger partial charge in [0.15, 0.2) is 0 Å². The van der Waals surface area contributed by atoms with Gasteiger partial charge in [-0.15, -0.1) is 0 Å². The van der Waals surface area contributed by atoms with E-state index in [1.54, 1.807) is 0 Å². The van der Waals surface area contributed by atoms with Gasteiger partial charge in [-0.25, -0.2) is 0 Å². The topological polar surface area (TPSA) is 89.1 Å². The maximum atomic E-state index is 5.75. The highest BCUT2D eigenvalue weighted by molar-refractivity contribution is 4.73. The zero-order chi connectivity index (χ0) is 18.5. The van der Waals surface area contributed by atoms with Crippen LogP contribution in [0.1, 0.15) is 0 Å². The van der Waals surface area contributed by atoms with Gasteiger partial charge in [0.05, 0.1) is 0 Å². The smallest absolute Gasteiger partial charge is 0.0110 e. The number of nitrogens with zero attached hydrogens (tertiary/aromatic N) is 4. The Bertz CT molecular complexity index is 311. The Balaban J connectivity index is 1.76. The average Bonchev–Trinajstić information content (AvgIpc) is 2.82. The van der Waals surface area contributed by atoms with Crippen molar-refractivity contribution in [2.75, 3.05) is 118 Å². The molecule has 8 heteroatoms. The molecule has 2 fully saturated rings. The molecule has 0 aromatic heterocycles. The van der Waals surface area contributed by atoms with E-state index < -0.39 is 0 Å². The standard InChI is InChI=1S/C18H42N8/c19-1-7-23-9-3-21-5-11-25(15-13-23)17-18-26-12-6-22-4-10-24(8-2-20)14-16-26/h21-22H,1-20H2. The molecular weight excluding hydrogens is 328 g/mol. The van der Waals surface area contributed by atoms with Crippen LogP contribution < -0.4 is 22.1 Å². The molecule has 2 heterocycles. The van der Waals surface area contributed by atoms with Crippen molar-refractivity contribution in [1.82, 2.24) is 30.2 Å². The molecule has 0 radical (unpaired) electrons. The third-order valence-corrected chi connectivity index (χ3v) is 5.51. The third kappa shape index (κ3) is 9.05. The van der Waals surface area contributed by atoms with Gasteiger partial charge in [0, 0.05) is 118 Å². The Kier molecular flexibility index (Phi) is 11.7. The molecule has 0 saturated carbocycles. The zero-order valence-corrected chi connectivity index (χ0v) is 16.7. The van der Waals surface area contributed by atoms with E-state index in [0.717, 1.165) is 118 Å². The largest absolute Gasteiger partial charge is 0.329 e. The normalized spacial score (nSPS) is 24.2. The minimum absolute atomic E-state index is 0.750. The van der Waals surface area contributed by atoms with Gasteiger partial charge >= 0.3 is 0 Å². The molecule has 2 aliphatic rings. The summed E-state index contributed by atoms with van der Waals surface area (Å²) in [7, 11) is 0. The van der Waals surface area contributed by atoms with E-state index in [9.17, 15) is 0 Å². The molecule has 0 amide bonds. The second kappa shape index (κ2) is 13.8. The van der Waals surface area contributed by atoms with Crippen molar-refractivity contribution in [1.29, 1.82) is 0 Å². The lowest BCUT2D eigenvalue weighted by Gasteiger charge is -2.29. The van der Waals surface area contributed by atoms with Gasteiger partial charge in [0.25, 0.3) is 0 Å². The van der Waals surface area contributed by atoms with Crippen molar-refractivity contribution < 1.29 is 0 Å². The van der Waals surface area contributed by atoms with Crippen LogP contribution >= 0.6 is 0 Å². The van der Waals surface area contributed by atoms with Crippen molar-refractivity contribution in [2.45, 2.75) is 0 Å². The number of nitrogens with two attached hydrogens (primary N) is 2. The van der Waals surface area contributed by atoms with Gasteiger partial charge in [0.2, 0.25) is 0 Å². The molecule has 2 rings (SSSR count). The molecule has 0 aliphatic carbocycles. The van der Waals surface area contributed by atoms with E-state index >= 15 is 0 Å².